The van der Waals surface area contributed by atoms with Gasteiger partial charge in [-0.25, -0.2) is 4.79 Å². The SMILES string of the molecule is CO/N=C(/C(=O)NC(=O)OC)c1ccccc1Oc1ncns1. The minimum Gasteiger partial charge on any atom is -0.453 e. The highest BCUT2D eigenvalue weighted by atomic mass is 32.1. The Morgan fingerprint density at radius 3 is 2.70 bits per heavy atom. The third-order valence-electron chi connectivity index (χ3n) is 2.48. The number of nitrogens with zero attached hydrogens (tertiary/aromatic N) is 3. The molecule has 23 heavy (non-hydrogen) atoms. The standard InChI is InChI=1S/C13H12N4O5S/c1-20-12(19)16-11(18)10(17-21-2)8-5-3-4-6-9(8)22-13-14-7-15-23-13/h3-7H,1-2H3,(H,16,18,19)/b17-10+. The predicted molar refractivity (Wildman–Crippen MR) is 80.5 cm³/mol. The van der Waals surface area contributed by atoms with Crippen molar-refractivity contribution in [3.8, 4) is 10.9 Å². The Morgan fingerprint density at radius 1 is 1.26 bits per heavy atom. The second-order valence-corrected chi connectivity index (χ2v) is 4.62. The number of benzene rings is 1. The van der Waals surface area contributed by atoms with Gasteiger partial charge in [0.25, 0.3) is 11.1 Å². The van der Waals surface area contributed by atoms with Crippen LogP contribution in [-0.4, -0.2) is 41.3 Å². The maximum Gasteiger partial charge on any atom is 0.413 e. The summed E-state index contributed by atoms with van der Waals surface area (Å²) in [6.45, 7) is 0. The molecule has 9 nitrogen and oxygen atoms in total. The van der Waals surface area contributed by atoms with E-state index in [-0.39, 0.29) is 5.71 Å². The van der Waals surface area contributed by atoms with Crippen LogP contribution >= 0.6 is 11.5 Å². The molecule has 0 aliphatic carbocycles. The summed E-state index contributed by atoms with van der Waals surface area (Å²) in [5.41, 5.74) is 0.156. The Morgan fingerprint density at radius 2 is 2.04 bits per heavy atom. The quantitative estimate of drug-likeness (QED) is 0.651. The van der Waals surface area contributed by atoms with Crippen LogP contribution in [0, 0.1) is 0 Å². The van der Waals surface area contributed by atoms with Gasteiger partial charge in [-0.1, -0.05) is 17.3 Å². The van der Waals surface area contributed by atoms with Gasteiger partial charge in [-0.3, -0.25) is 10.1 Å². The highest BCUT2D eigenvalue weighted by molar-refractivity contribution is 7.07. The van der Waals surface area contributed by atoms with E-state index in [0.717, 1.165) is 18.6 Å². The zero-order chi connectivity index (χ0) is 16.7. The Balaban J connectivity index is 2.34. The summed E-state index contributed by atoms with van der Waals surface area (Å²) < 4.78 is 13.8. The van der Waals surface area contributed by atoms with Crippen molar-refractivity contribution < 1.29 is 23.9 Å². The molecule has 0 aliphatic rings. The van der Waals surface area contributed by atoms with Gasteiger partial charge < -0.3 is 14.3 Å². The van der Waals surface area contributed by atoms with Gasteiger partial charge in [0.1, 0.15) is 19.2 Å². The van der Waals surface area contributed by atoms with Crippen molar-refractivity contribution in [2.24, 2.45) is 5.16 Å². The lowest BCUT2D eigenvalue weighted by atomic mass is 10.1. The van der Waals surface area contributed by atoms with Crippen molar-refractivity contribution in [1.29, 1.82) is 0 Å². The van der Waals surface area contributed by atoms with Crippen LogP contribution in [-0.2, 0) is 14.4 Å². The highest BCUT2D eigenvalue weighted by Crippen LogP contribution is 2.26. The first kappa shape index (κ1) is 16.4. The summed E-state index contributed by atoms with van der Waals surface area (Å²) in [4.78, 5) is 31.9. The molecule has 0 saturated heterocycles. The van der Waals surface area contributed by atoms with E-state index in [1.807, 2.05) is 5.32 Å². The van der Waals surface area contributed by atoms with Crippen LogP contribution in [0.1, 0.15) is 5.56 Å². The molecule has 0 spiro atoms. The molecule has 0 atom stereocenters. The van der Waals surface area contributed by atoms with E-state index in [1.54, 1.807) is 24.3 Å². The number of amides is 2. The van der Waals surface area contributed by atoms with Gasteiger partial charge >= 0.3 is 6.09 Å². The van der Waals surface area contributed by atoms with Gasteiger partial charge in [0.05, 0.1) is 12.7 Å². The van der Waals surface area contributed by atoms with Crippen LogP contribution < -0.4 is 10.1 Å². The predicted octanol–water partition coefficient (Wildman–Crippen LogP) is 1.56. The monoisotopic (exact) mass is 336 g/mol. The Kier molecular flexibility index (Phi) is 5.58. The number of carbonyl (C=O) groups is 2. The van der Waals surface area contributed by atoms with Gasteiger partial charge in [0.2, 0.25) is 0 Å². The lowest BCUT2D eigenvalue weighted by molar-refractivity contribution is -0.114. The van der Waals surface area contributed by atoms with Crippen molar-refractivity contribution in [2.45, 2.75) is 0 Å². The Labute approximate surface area is 135 Å². The normalized spacial score (nSPS) is 10.8. The van der Waals surface area contributed by atoms with Crippen molar-refractivity contribution in [2.75, 3.05) is 14.2 Å². The summed E-state index contributed by atoms with van der Waals surface area (Å²) in [5.74, 6) is -0.493. The molecule has 0 unspecified atom stereocenters. The third kappa shape index (κ3) is 4.23. The lowest BCUT2D eigenvalue weighted by Gasteiger charge is -2.10. The van der Waals surface area contributed by atoms with E-state index in [0.29, 0.717) is 16.5 Å². The van der Waals surface area contributed by atoms with Crippen LogP contribution in [0.2, 0.25) is 0 Å². The summed E-state index contributed by atoms with van der Waals surface area (Å²) in [6, 6.07) is 6.60. The van der Waals surface area contributed by atoms with E-state index in [9.17, 15) is 9.59 Å². The minimum absolute atomic E-state index is 0.155. The van der Waals surface area contributed by atoms with Gasteiger partial charge in [-0.05, 0) is 12.1 Å². The van der Waals surface area contributed by atoms with Crippen LogP contribution in [0.3, 0.4) is 0 Å². The largest absolute Gasteiger partial charge is 0.453 e. The smallest absolute Gasteiger partial charge is 0.413 e. The molecular weight excluding hydrogens is 324 g/mol. The number of hydrogen-bond donors (Lipinski definition) is 1. The second kappa shape index (κ2) is 7.84. The summed E-state index contributed by atoms with van der Waals surface area (Å²) in [7, 11) is 2.42. The second-order valence-electron chi connectivity index (χ2n) is 3.87. The Hall–Kier alpha value is -3.01. The maximum atomic E-state index is 12.2. The Bertz CT molecular complexity index is 717. The molecular formula is C13H12N4O5S. The number of imide groups is 1. The molecule has 120 valence electrons. The number of carbonyl (C=O) groups excluding carboxylic acids is 2. The van der Waals surface area contributed by atoms with Crippen LogP contribution in [0.5, 0.6) is 10.9 Å². The molecule has 2 rings (SSSR count). The van der Waals surface area contributed by atoms with E-state index >= 15 is 0 Å². The lowest BCUT2D eigenvalue weighted by Crippen LogP contribution is -2.36. The fourth-order valence-corrected chi connectivity index (χ4v) is 1.97. The first-order valence-electron chi connectivity index (χ1n) is 6.20. The highest BCUT2D eigenvalue weighted by Gasteiger charge is 2.22. The zero-order valence-electron chi connectivity index (χ0n) is 12.2. The fraction of sp³-hybridized carbons (Fsp3) is 0.154. The minimum atomic E-state index is -0.915. The average Bonchev–Trinajstić information content (AvgIpc) is 3.06. The van der Waals surface area contributed by atoms with Gasteiger partial charge in [0.15, 0.2) is 5.71 Å². The molecule has 1 aromatic carbocycles. The summed E-state index contributed by atoms with van der Waals surface area (Å²) in [5, 5.41) is 5.96. The summed E-state index contributed by atoms with van der Waals surface area (Å²) >= 11 is 1.05. The molecule has 0 saturated carbocycles. The molecule has 2 aromatic rings. The number of alkyl carbamates (subject to hydrolysis) is 1. The van der Waals surface area contributed by atoms with Crippen LogP contribution in [0.15, 0.2) is 35.7 Å². The van der Waals surface area contributed by atoms with E-state index in [4.69, 9.17) is 4.74 Å². The number of para-hydroxylation sites is 1. The number of ether oxygens (including phenoxy) is 2. The van der Waals surface area contributed by atoms with E-state index in [2.05, 4.69) is 24.1 Å². The summed E-state index contributed by atoms with van der Waals surface area (Å²) in [6.07, 6.45) is 0.429. The molecule has 1 N–H and O–H groups in total. The fourth-order valence-electron chi connectivity index (χ4n) is 1.56. The number of oxime groups is 1. The van der Waals surface area contributed by atoms with Gasteiger partial charge in [-0.15, -0.1) is 0 Å². The molecule has 0 fully saturated rings. The molecule has 1 aromatic heterocycles. The maximum absolute atomic E-state index is 12.2. The average molecular weight is 336 g/mol. The first-order valence-corrected chi connectivity index (χ1v) is 6.97. The van der Waals surface area contributed by atoms with Crippen LogP contribution in [0.4, 0.5) is 4.79 Å². The molecule has 0 bridgehead atoms. The van der Waals surface area contributed by atoms with Crippen LogP contribution in [0.25, 0.3) is 0 Å². The van der Waals surface area contributed by atoms with Gasteiger partial charge in [-0.2, -0.15) is 9.36 Å². The first-order chi connectivity index (χ1) is 11.2. The number of methoxy groups -OCH3 is 1. The zero-order valence-corrected chi connectivity index (χ0v) is 13.0. The number of rotatable bonds is 5. The molecule has 0 aliphatic heterocycles. The van der Waals surface area contributed by atoms with E-state index < -0.39 is 12.0 Å². The molecule has 2 amide bonds. The molecule has 1 heterocycles. The van der Waals surface area contributed by atoms with Gasteiger partial charge in [0, 0.05) is 11.5 Å². The third-order valence-corrected chi connectivity index (χ3v) is 3.02. The van der Waals surface area contributed by atoms with Crippen molar-refractivity contribution >= 4 is 29.2 Å². The molecule has 0 radical (unpaired) electrons. The van der Waals surface area contributed by atoms with Crippen molar-refractivity contribution in [1.82, 2.24) is 14.7 Å². The van der Waals surface area contributed by atoms with Crippen molar-refractivity contribution in [3.63, 3.8) is 0 Å². The number of aromatic nitrogens is 2. The number of hydrogen-bond acceptors (Lipinski definition) is 9. The topological polar surface area (TPSA) is 112 Å². The van der Waals surface area contributed by atoms with E-state index in [1.165, 1.54) is 13.4 Å². The number of nitrogens with one attached hydrogen (secondary N) is 1. The van der Waals surface area contributed by atoms with Crippen molar-refractivity contribution in [3.05, 3.63) is 36.2 Å². The molecule has 10 heteroatoms.